The molecule has 0 saturated carbocycles. The Labute approximate surface area is 135 Å². The van der Waals surface area contributed by atoms with Gasteiger partial charge in [0.2, 0.25) is 0 Å². The number of ether oxygens (including phenoxy) is 2. The maximum atomic E-state index is 5.46. The van der Waals surface area contributed by atoms with Gasteiger partial charge < -0.3 is 9.47 Å². The molecule has 0 fully saturated rings. The van der Waals surface area contributed by atoms with Gasteiger partial charge in [0.25, 0.3) is 0 Å². The van der Waals surface area contributed by atoms with Gasteiger partial charge in [0, 0.05) is 9.58 Å². The van der Waals surface area contributed by atoms with Gasteiger partial charge in [-0.15, -0.1) is 11.3 Å². The van der Waals surface area contributed by atoms with Crippen molar-refractivity contribution in [3.63, 3.8) is 0 Å². The van der Waals surface area contributed by atoms with E-state index in [9.17, 15) is 0 Å². The summed E-state index contributed by atoms with van der Waals surface area (Å²) >= 11 is 1.80. The van der Waals surface area contributed by atoms with Crippen LogP contribution < -0.4 is 9.47 Å². The first-order valence-electron chi connectivity index (χ1n) is 7.50. The first kappa shape index (κ1) is 14.9. The van der Waals surface area contributed by atoms with Crippen LogP contribution in [0.5, 0.6) is 11.5 Å². The Bertz CT molecular complexity index is 789. The van der Waals surface area contributed by atoms with Crippen molar-refractivity contribution in [2.75, 3.05) is 14.2 Å². The van der Waals surface area contributed by atoms with Crippen molar-refractivity contribution in [3.05, 3.63) is 48.0 Å². The van der Waals surface area contributed by atoms with Crippen molar-refractivity contribution >= 4 is 21.4 Å². The summed E-state index contributed by atoms with van der Waals surface area (Å²) in [5, 5.41) is 1.26. The smallest absolute Gasteiger partial charge is 0.122 e. The van der Waals surface area contributed by atoms with E-state index in [0.717, 1.165) is 24.3 Å². The van der Waals surface area contributed by atoms with Crippen LogP contribution in [0.4, 0.5) is 0 Å². The monoisotopic (exact) mass is 312 g/mol. The minimum absolute atomic E-state index is 0.905. The second kappa shape index (κ2) is 6.41. The molecule has 0 aliphatic heterocycles. The Hall–Kier alpha value is -2.00. The molecule has 0 unspecified atom stereocenters. The summed E-state index contributed by atoms with van der Waals surface area (Å²) in [6.45, 7) is 2.19. The summed E-state index contributed by atoms with van der Waals surface area (Å²) in [7, 11) is 3.44. The van der Waals surface area contributed by atoms with E-state index in [-0.39, 0.29) is 0 Å². The largest absolute Gasteiger partial charge is 0.497 e. The highest BCUT2D eigenvalue weighted by molar-refractivity contribution is 7.22. The third kappa shape index (κ3) is 2.81. The fourth-order valence-electron chi connectivity index (χ4n) is 2.68. The molecule has 3 heteroatoms. The lowest BCUT2D eigenvalue weighted by Crippen LogP contribution is -1.92. The van der Waals surface area contributed by atoms with Crippen molar-refractivity contribution in [3.8, 4) is 21.9 Å². The third-order valence-corrected chi connectivity index (χ3v) is 4.96. The molecule has 0 spiro atoms. The first-order chi connectivity index (χ1) is 10.7. The van der Waals surface area contributed by atoms with Crippen LogP contribution in [-0.4, -0.2) is 14.2 Å². The van der Waals surface area contributed by atoms with E-state index in [4.69, 9.17) is 9.47 Å². The summed E-state index contributed by atoms with van der Waals surface area (Å²) < 4.78 is 12.0. The van der Waals surface area contributed by atoms with Crippen molar-refractivity contribution in [2.45, 2.75) is 19.8 Å². The SMILES string of the molecule is CCCc1cc(-c2cc3ccc(OC)cc3s2)ccc1OC. The molecule has 22 heavy (non-hydrogen) atoms. The summed E-state index contributed by atoms with van der Waals surface area (Å²) in [5.74, 6) is 1.88. The molecule has 0 radical (unpaired) electrons. The fraction of sp³-hybridized carbons (Fsp3) is 0.263. The molecule has 0 saturated heterocycles. The summed E-state index contributed by atoms with van der Waals surface area (Å²) in [6, 6.07) is 14.9. The van der Waals surface area contributed by atoms with Crippen LogP contribution in [0.1, 0.15) is 18.9 Å². The Kier molecular flexibility index (Phi) is 4.34. The molecular formula is C19H20O2S. The van der Waals surface area contributed by atoms with Crippen molar-refractivity contribution in [2.24, 2.45) is 0 Å². The maximum absolute atomic E-state index is 5.46. The van der Waals surface area contributed by atoms with Gasteiger partial charge in [-0.1, -0.05) is 13.3 Å². The van der Waals surface area contributed by atoms with Crippen molar-refractivity contribution < 1.29 is 9.47 Å². The number of benzene rings is 2. The molecule has 0 aliphatic rings. The average molecular weight is 312 g/mol. The zero-order valence-electron chi connectivity index (χ0n) is 13.2. The quantitative estimate of drug-likeness (QED) is 0.616. The summed E-state index contributed by atoms with van der Waals surface area (Å²) in [6.07, 6.45) is 2.15. The predicted octanol–water partition coefficient (Wildman–Crippen LogP) is 5.54. The van der Waals surface area contributed by atoms with Gasteiger partial charge in [-0.25, -0.2) is 0 Å². The zero-order chi connectivity index (χ0) is 15.5. The van der Waals surface area contributed by atoms with Gasteiger partial charge >= 0.3 is 0 Å². The zero-order valence-corrected chi connectivity index (χ0v) is 14.0. The normalized spacial score (nSPS) is 10.9. The highest BCUT2D eigenvalue weighted by Crippen LogP contribution is 2.37. The minimum atomic E-state index is 0.905. The molecule has 1 heterocycles. The first-order valence-corrected chi connectivity index (χ1v) is 8.31. The fourth-order valence-corrected chi connectivity index (χ4v) is 3.76. The van der Waals surface area contributed by atoms with E-state index in [1.807, 2.05) is 6.07 Å². The molecule has 0 amide bonds. The molecule has 0 bridgehead atoms. The van der Waals surface area contributed by atoms with Crippen LogP contribution in [-0.2, 0) is 6.42 Å². The van der Waals surface area contributed by atoms with E-state index in [0.29, 0.717) is 0 Å². The number of thiophene rings is 1. The standard InChI is InChI=1S/C19H20O2S/c1-4-5-13-10-14(7-9-17(13)21-3)18-11-15-6-8-16(20-2)12-19(15)22-18/h6-12H,4-5H2,1-3H3. The molecule has 0 atom stereocenters. The van der Waals surface area contributed by atoms with E-state index < -0.39 is 0 Å². The maximum Gasteiger partial charge on any atom is 0.122 e. The summed E-state index contributed by atoms with van der Waals surface area (Å²) in [5.41, 5.74) is 2.53. The molecule has 0 N–H and O–H groups in total. The van der Waals surface area contributed by atoms with Crippen LogP contribution in [0.3, 0.4) is 0 Å². The molecule has 1 aromatic heterocycles. The van der Waals surface area contributed by atoms with Gasteiger partial charge in [-0.05, 0) is 65.4 Å². The molecule has 2 nitrogen and oxygen atoms in total. The van der Waals surface area contributed by atoms with Crippen molar-refractivity contribution in [1.82, 2.24) is 0 Å². The second-order valence-electron chi connectivity index (χ2n) is 5.29. The lowest BCUT2D eigenvalue weighted by molar-refractivity contribution is 0.409. The molecule has 0 aliphatic carbocycles. The number of hydrogen-bond acceptors (Lipinski definition) is 3. The van der Waals surface area contributed by atoms with Gasteiger partial charge in [-0.3, -0.25) is 0 Å². The van der Waals surface area contributed by atoms with Gasteiger partial charge in [0.05, 0.1) is 14.2 Å². The van der Waals surface area contributed by atoms with Crippen LogP contribution in [0.15, 0.2) is 42.5 Å². The Morgan fingerprint density at radius 1 is 0.955 bits per heavy atom. The number of hydrogen-bond donors (Lipinski definition) is 0. The Balaban J connectivity index is 2.04. The number of methoxy groups -OCH3 is 2. The molecular weight excluding hydrogens is 292 g/mol. The number of aryl methyl sites for hydroxylation is 1. The lowest BCUT2D eigenvalue weighted by atomic mass is 10.0. The van der Waals surface area contributed by atoms with E-state index in [1.54, 1.807) is 25.6 Å². The van der Waals surface area contributed by atoms with Crippen LogP contribution in [0.25, 0.3) is 20.5 Å². The Morgan fingerprint density at radius 2 is 1.82 bits per heavy atom. The van der Waals surface area contributed by atoms with E-state index in [2.05, 4.69) is 43.3 Å². The summed E-state index contributed by atoms with van der Waals surface area (Å²) in [4.78, 5) is 1.28. The topological polar surface area (TPSA) is 18.5 Å². The highest BCUT2D eigenvalue weighted by atomic mass is 32.1. The molecule has 2 aromatic carbocycles. The Morgan fingerprint density at radius 3 is 2.55 bits per heavy atom. The average Bonchev–Trinajstić information content (AvgIpc) is 2.98. The van der Waals surface area contributed by atoms with Crippen LogP contribution in [0.2, 0.25) is 0 Å². The lowest BCUT2D eigenvalue weighted by Gasteiger charge is -2.09. The number of rotatable bonds is 5. The van der Waals surface area contributed by atoms with E-state index in [1.165, 1.54) is 26.1 Å². The van der Waals surface area contributed by atoms with Gasteiger partial charge in [0.15, 0.2) is 0 Å². The van der Waals surface area contributed by atoms with Crippen LogP contribution in [0, 0.1) is 0 Å². The number of fused-ring (bicyclic) bond motifs is 1. The highest BCUT2D eigenvalue weighted by Gasteiger charge is 2.09. The van der Waals surface area contributed by atoms with Crippen LogP contribution >= 0.6 is 11.3 Å². The van der Waals surface area contributed by atoms with Gasteiger partial charge in [0.1, 0.15) is 11.5 Å². The predicted molar refractivity (Wildman–Crippen MR) is 94.4 cm³/mol. The molecule has 3 aromatic rings. The second-order valence-corrected chi connectivity index (χ2v) is 6.37. The minimum Gasteiger partial charge on any atom is -0.497 e. The van der Waals surface area contributed by atoms with Gasteiger partial charge in [-0.2, -0.15) is 0 Å². The molecule has 3 rings (SSSR count). The third-order valence-electron chi connectivity index (χ3n) is 3.81. The molecule has 114 valence electrons. The van der Waals surface area contributed by atoms with E-state index >= 15 is 0 Å². The van der Waals surface area contributed by atoms with Crippen molar-refractivity contribution in [1.29, 1.82) is 0 Å².